The molecule has 110 valence electrons. The number of hydrogen-bond donors (Lipinski definition) is 1. The number of nitrogens with two attached hydrogens (primary N) is 1. The van der Waals surface area contributed by atoms with Gasteiger partial charge >= 0.3 is 0 Å². The second kappa shape index (κ2) is 6.25. The highest BCUT2D eigenvalue weighted by atomic mass is 16.2. The number of rotatable bonds is 2. The zero-order valence-corrected chi connectivity index (χ0v) is 12.7. The van der Waals surface area contributed by atoms with Crippen LogP contribution in [-0.4, -0.2) is 29.9 Å². The van der Waals surface area contributed by atoms with Crippen LogP contribution in [-0.2, 0) is 4.79 Å². The summed E-state index contributed by atoms with van der Waals surface area (Å²) in [4.78, 5) is 14.5. The fourth-order valence-corrected chi connectivity index (χ4v) is 3.53. The van der Waals surface area contributed by atoms with Crippen LogP contribution in [0.25, 0.3) is 0 Å². The lowest BCUT2D eigenvalue weighted by Gasteiger charge is -2.43. The number of carbonyl (C=O) groups is 1. The lowest BCUT2D eigenvalue weighted by atomic mass is 9.79. The molecule has 1 saturated carbocycles. The molecule has 1 unspecified atom stereocenters. The van der Waals surface area contributed by atoms with Gasteiger partial charge in [0.25, 0.3) is 0 Å². The Kier molecular flexibility index (Phi) is 4.88. The second-order valence-corrected chi connectivity index (χ2v) is 7.26. The average Bonchev–Trinajstić information content (AvgIpc) is 2.61. The molecular weight excluding hydrogens is 236 g/mol. The van der Waals surface area contributed by atoms with Crippen molar-refractivity contribution in [3.63, 3.8) is 0 Å². The number of amides is 1. The molecule has 2 rings (SSSR count). The summed E-state index contributed by atoms with van der Waals surface area (Å²) in [6.45, 7) is 6.06. The standard InChI is InChI=1S/C16H30N2O/c1-16(2)12-18(10-9-14(16)17)15(19)11-13-7-5-3-4-6-8-13/h13-14H,3-12,17H2,1-2H3. The van der Waals surface area contributed by atoms with Crippen LogP contribution in [0.1, 0.15) is 65.2 Å². The van der Waals surface area contributed by atoms with E-state index in [1.807, 2.05) is 0 Å². The van der Waals surface area contributed by atoms with Crippen LogP contribution < -0.4 is 5.73 Å². The molecule has 1 saturated heterocycles. The van der Waals surface area contributed by atoms with Crippen molar-refractivity contribution in [2.45, 2.75) is 71.3 Å². The Morgan fingerprint density at radius 3 is 2.37 bits per heavy atom. The fourth-order valence-electron chi connectivity index (χ4n) is 3.53. The smallest absolute Gasteiger partial charge is 0.222 e. The molecule has 0 aromatic rings. The molecule has 1 amide bonds. The van der Waals surface area contributed by atoms with E-state index in [1.165, 1.54) is 38.5 Å². The summed E-state index contributed by atoms with van der Waals surface area (Å²) < 4.78 is 0. The van der Waals surface area contributed by atoms with Crippen LogP contribution in [0, 0.1) is 11.3 Å². The molecule has 1 aliphatic carbocycles. The maximum Gasteiger partial charge on any atom is 0.222 e. The van der Waals surface area contributed by atoms with Crippen molar-refractivity contribution in [3.8, 4) is 0 Å². The maximum absolute atomic E-state index is 12.5. The van der Waals surface area contributed by atoms with E-state index < -0.39 is 0 Å². The summed E-state index contributed by atoms with van der Waals surface area (Å²) in [6, 6.07) is 0.231. The Labute approximate surface area is 117 Å². The zero-order chi connectivity index (χ0) is 13.9. The van der Waals surface area contributed by atoms with Gasteiger partial charge in [-0.05, 0) is 30.6 Å². The number of nitrogens with zero attached hydrogens (tertiary/aromatic N) is 1. The highest BCUT2D eigenvalue weighted by molar-refractivity contribution is 5.76. The van der Waals surface area contributed by atoms with E-state index in [-0.39, 0.29) is 11.5 Å². The number of hydrogen-bond acceptors (Lipinski definition) is 2. The molecule has 19 heavy (non-hydrogen) atoms. The van der Waals surface area contributed by atoms with Gasteiger partial charge in [0.05, 0.1) is 0 Å². The Balaban J connectivity index is 1.85. The van der Waals surface area contributed by atoms with Gasteiger partial charge in [-0.25, -0.2) is 0 Å². The van der Waals surface area contributed by atoms with Gasteiger partial charge in [0.2, 0.25) is 5.91 Å². The van der Waals surface area contributed by atoms with E-state index in [0.717, 1.165) is 25.9 Å². The molecule has 3 heteroatoms. The molecule has 3 nitrogen and oxygen atoms in total. The second-order valence-electron chi connectivity index (χ2n) is 7.26. The molecule has 0 aromatic heterocycles. The van der Waals surface area contributed by atoms with Crippen molar-refractivity contribution < 1.29 is 4.79 Å². The molecule has 0 spiro atoms. The fraction of sp³-hybridized carbons (Fsp3) is 0.938. The first-order chi connectivity index (χ1) is 8.99. The Hall–Kier alpha value is -0.570. The monoisotopic (exact) mass is 266 g/mol. The zero-order valence-electron chi connectivity index (χ0n) is 12.7. The van der Waals surface area contributed by atoms with E-state index in [0.29, 0.717) is 11.8 Å². The Morgan fingerprint density at radius 1 is 1.16 bits per heavy atom. The summed E-state index contributed by atoms with van der Waals surface area (Å²) in [5, 5.41) is 0. The van der Waals surface area contributed by atoms with Gasteiger partial charge in [0.15, 0.2) is 0 Å². The maximum atomic E-state index is 12.5. The van der Waals surface area contributed by atoms with Crippen molar-refractivity contribution in [3.05, 3.63) is 0 Å². The van der Waals surface area contributed by atoms with Gasteiger partial charge in [-0.15, -0.1) is 0 Å². The molecule has 2 aliphatic rings. The Morgan fingerprint density at radius 2 is 1.79 bits per heavy atom. The predicted octanol–water partition coefficient (Wildman–Crippen LogP) is 2.93. The van der Waals surface area contributed by atoms with E-state index in [1.54, 1.807) is 0 Å². The largest absolute Gasteiger partial charge is 0.342 e. The van der Waals surface area contributed by atoms with Gasteiger partial charge in [-0.3, -0.25) is 4.79 Å². The third-order valence-electron chi connectivity index (χ3n) is 5.10. The minimum absolute atomic E-state index is 0.0668. The molecule has 1 atom stereocenters. The first-order valence-electron chi connectivity index (χ1n) is 8.02. The SMILES string of the molecule is CC1(C)CN(C(=O)CC2CCCCCC2)CCC1N. The van der Waals surface area contributed by atoms with Crippen LogP contribution in [0.5, 0.6) is 0 Å². The summed E-state index contributed by atoms with van der Waals surface area (Å²) in [7, 11) is 0. The van der Waals surface area contributed by atoms with Crippen molar-refractivity contribution in [1.82, 2.24) is 4.90 Å². The third-order valence-corrected chi connectivity index (χ3v) is 5.10. The normalized spacial score (nSPS) is 29.0. The van der Waals surface area contributed by atoms with Gasteiger partial charge in [-0.1, -0.05) is 39.5 Å². The minimum Gasteiger partial charge on any atom is -0.342 e. The highest BCUT2D eigenvalue weighted by Gasteiger charge is 2.35. The molecular formula is C16H30N2O. The van der Waals surface area contributed by atoms with Crippen molar-refractivity contribution in [2.75, 3.05) is 13.1 Å². The molecule has 2 N–H and O–H groups in total. The van der Waals surface area contributed by atoms with Crippen molar-refractivity contribution in [1.29, 1.82) is 0 Å². The third kappa shape index (κ3) is 3.95. The topological polar surface area (TPSA) is 46.3 Å². The first kappa shape index (κ1) is 14.8. The quantitative estimate of drug-likeness (QED) is 0.781. The lowest BCUT2D eigenvalue weighted by molar-refractivity contribution is -0.135. The van der Waals surface area contributed by atoms with Gasteiger partial charge in [0, 0.05) is 25.6 Å². The molecule has 1 aliphatic heterocycles. The average molecular weight is 266 g/mol. The molecule has 0 bridgehead atoms. The van der Waals surface area contributed by atoms with Crippen LogP contribution in [0.2, 0.25) is 0 Å². The van der Waals surface area contributed by atoms with Gasteiger partial charge < -0.3 is 10.6 Å². The first-order valence-corrected chi connectivity index (χ1v) is 8.02. The van der Waals surface area contributed by atoms with Crippen LogP contribution in [0.4, 0.5) is 0 Å². The van der Waals surface area contributed by atoms with E-state index in [4.69, 9.17) is 5.73 Å². The van der Waals surface area contributed by atoms with Crippen LogP contribution >= 0.6 is 0 Å². The molecule has 0 aromatic carbocycles. The van der Waals surface area contributed by atoms with Crippen LogP contribution in [0.3, 0.4) is 0 Å². The van der Waals surface area contributed by atoms with Crippen LogP contribution in [0.15, 0.2) is 0 Å². The number of likely N-dealkylation sites (tertiary alicyclic amines) is 1. The predicted molar refractivity (Wildman–Crippen MR) is 78.8 cm³/mol. The van der Waals surface area contributed by atoms with E-state index >= 15 is 0 Å². The summed E-state index contributed by atoms with van der Waals surface area (Å²) in [6.07, 6.45) is 9.56. The van der Waals surface area contributed by atoms with Crippen molar-refractivity contribution >= 4 is 5.91 Å². The number of piperidine rings is 1. The Bertz CT molecular complexity index is 306. The molecule has 0 radical (unpaired) electrons. The summed E-state index contributed by atoms with van der Waals surface area (Å²) in [5.74, 6) is 1.00. The lowest BCUT2D eigenvalue weighted by Crippen LogP contribution is -2.54. The minimum atomic E-state index is 0.0668. The van der Waals surface area contributed by atoms with Gasteiger partial charge in [-0.2, -0.15) is 0 Å². The van der Waals surface area contributed by atoms with E-state index in [2.05, 4.69) is 18.7 Å². The molecule has 1 heterocycles. The highest BCUT2D eigenvalue weighted by Crippen LogP contribution is 2.30. The van der Waals surface area contributed by atoms with Crippen molar-refractivity contribution in [2.24, 2.45) is 17.1 Å². The summed E-state index contributed by atoms with van der Waals surface area (Å²) >= 11 is 0. The summed E-state index contributed by atoms with van der Waals surface area (Å²) in [5.41, 5.74) is 6.21. The molecule has 2 fully saturated rings. The van der Waals surface area contributed by atoms with E-state index in [9.17, 15) is 4.79 Å². The van der Waals surface area contributed by atoms with Gasteiger partial charge in [0.1, 0.15) is 0 Å². The number of carbonyl (C=O) groups excluding carboxylic acids is 1.